The lowest BCUT2D eigenvalue weighted by Crippen LogP contribution is -1.75. The lowest BCUT2D eigenvalue weighted by Gasteiger charge is -1.81. The number of rotatable bonds is 3. The summed E-state index contributed by atoms with van der Waals surface area (Å²) in [6.45, 7) is 2.70. The Hall–Kier alpha value is 0.0400. The highest BCUT2D eigenvalue weighted by Gasteiger charge is 1.75. The highest BCUT2D eigenvalue weighted by atomic mass is 32.8. The lowest BCUT2D eigenvalue weighted by molar-refractivity contribution is 0.694. The van der Waals surface area contributed by atoms with E-state index in [1.54, 1.807) is 0 Å². The zero-order valence-electron chi connectivity index (χ0n) is 4.79. The third-order valence-corrected chi connectivity index (χ3v) is 1.42. The first-order chi connectivity index (χ1) is 3.77. The molecule has 0 aromatic rings. The lowest BCUT2D eigenvalue weighted by atomic mass is 10.3. The van der Waals surface area contributed by atoms with Crippen LogP contribution >= 0.6 is 0 Å². The molecule has 0 saturated heterocycles. The summed E-state index contributed by atoms with van der Waals surface area (Å²) in [6, 6.07) is 0. The van der Waals surface area contributed by atoms with E-state index in [-0.39, 0.29) is 0 Å². The molecule has 0 unspecified atom stereocenters. The van der Waals surface area contributed by atoms with Crippen molar-refractivity contribution in [2.75, 3.05) is 6.54 Å². The predicted octanol–water partition coefficient (Wildman–Crippen LogP) is 1.18. The molecule has 48 valence electrons. The molecule has 0 saturated carbocycles. The first-order valence-electron chi connectivity index (χ1n) is 2.54. The molecule has 0 aliphatic carbocycles. The van der Waals surface area contributed by atoms with Gasteiger partial charge in [-0.2, -0.15) is 8.57 Å². The van der Waals surface area contributed by atoms with E-state index < -0.39 is 9.16 Å². The zero-order chi connectivity index (χ0) is 6.41. The van der Waals surface area contributed by atoms with E-state index in [0.29, 0.717) is 6.54 Å². The summed E-state index contributed by atoms with van der Waals surface area (Å²) in [5, 5.41) is 0. The van der Waals surface area contributed by atoms with Crippen LogP contribution in [0.2, 0.25) is 0 Å². The maximum atomic E-state index is 10.1. The fourth-order valence-corrected chi connectivity index (χ4v) is 0.799. The largest absolute Gasteiger partial charge is 0.197 e. The number of unbranched alkanes of at least 4 members (excludes halogenated alkanes) is 1. The minimum atomic E-state index is -1.36. The van der Waals surface area contributed by atoms with Gasteiger partial charge in [0.25, 0.3) is 0 Å². The molecule has 0 amide bonds. The van der Waals surface area contributed by atoms with Gasteiger partial charge in [0.2, 0.25) is 0 Å². The van der Waals surface area contributed by atoms with Gasteiger partial charge in [-0.15, -0.1) is 0 Å². The average Bonchev–Trinajstić information content (AvgIpc) is 1.66. The zero-order valence-corrected chi connectivity index (χ0v) is 6.43. The van der Waals surface area contributed by atoms with Crippen LogP contribution in [-0.2, 0) is 20.3 Å². The fraction of sp³-hybridized carbons (Fsp3) is 1.00. The first-order valence-corrected chi connectivity index (χ1v) is 4.57. The molecule has 0 fully saturated rings. The third kappa shape index (κ3) is 6.04. The van der Waals surface area contributed by atoms with Crippen LogP contribution in [0.4, 0.5) is 0 Å². The van der Waals surface area contributed by atoms with Gasteiger partial charge in [0.15, 0.2) is 9.16 Å². The molecule has 0 N–H and O–H groups in total. The summed E-state index contributed by atoms with van der Waals surface area (Å²) in [5.41, 5.74) is 0. The van der Waals surface area contributed by atoms with E-state index in [2.05, 4.69) is 22.5 Å². The molecule has 2 nitrogen and oxygen atoms in total. The molecule has 0 heterocycles. The second-order valence-electron chi connectivity index (χ2n) is 1.42. The Morgan fingerprint density at radius 3 is 2.75 bits per heavy atom. The molecule has 0 radical (unpaired) electrons. The molecule has 0 aromatic carbocycles. The monoisotopic (exact) mass is 151 g/mol. The van der Waals surface area contributed by atoms with Gasteiger partial charge in [0.1, 0.15) is 0 Å². The Balaban J connectivity index is 3.31. The molecule has 0 aliphatic heterocycles. The van der Waals surface area contributed by atoms with Crippen LogP contribution in [-0.4, -0.2) is 10.8 Å². The van der Waals surface area contributed by atoms with Crippen molar-refractivity contribution in [2.24, 2.45) is 4.36 Å². The van der Waals surface area contributed by atoms with E-state index in [1.165, 1.54) is 0 Å². The van der Waals surface area contributed by atoms with Crippen LogP contribution in [0.5, 0.6) is 0 Å². The van der Waals surface area contributed by atoms with Gasteiger partial charge in [-0.25, -0.2) is 0 Å². The molecule has 0 atom stereocenters. The van der Waals surface area contributed by atoms with Gasteiger partial charge in [0.05, 0.1) is 6.54 Å². The molecular formula is C4H9NOS2. The molecule has 0 aromatic heterocycles. The van der Waals surface area contributed by atoms with Crippen LogP contribution in [0.25, 0.3) is 0 Å². The smallest absolute Gasteiger partial charge is 0.167 e. The van der Waals surface area contributed by atoms with E-state index in [4.69, 9.17) is 0 Å². The maximum absolute atomic E-state index is 10.1. The van der Waals surface area contributed by atoms with Crippen molar-refractivity contribution in [3.8, 4) is 0 Å². The summed E-state index contributed by atoms with van der Waals surface area (Å²) in [4.78, 5) is 0. The van der Waals surface area contributed by atoms with Gasteiger partial charge in [0, 0.05) is 11.2 Å². The highest BCUT2D eigenvalue weighted by Crippen LogP contribution is 1.84. The van der Waals surface area contributed by atoms with Crippen LogP contribution in [0.3, 0.4) is 0 Å². The number of hydrogen-bond acceptors (Lipinski definition) is 3. The van der Waals surface area contributed by atoms with Crippen molar-refractivity contribution in [2.45, 2.75) is 19.8 Å². The molecule has 0 bridgehead atoms. The third-order valence-electron chi connectivity index (χ3n) is 0.708. The Morgan fingerprint density at radius 2 is 2.38 bits per heavy atom. The number of hydrogen-bond donors (Lipinski definition) is 0. The second kappa shape index (κ2) is 5.18. The first kappa shape index (κ1) is 8.04. The summed E-state index contributed by atoms with van der Waals surface area (Å²) >= 11 is 4.30. The van der Waals surface area contributed by atoms with Crippen LogP contribution in [0, 0.1) is 0 Å². The Kier molecular flexibility index (Phi) is 5.21. The second-order valence-corrected chi connectivity index (χ2v) is 2.97. The van der Waals surface area contributed by atoms with Crippen molar-refractivity contribution < 1.29 is 4.21 Å². The summed E-state index contributed by atoms with van der Waals surface area (Å²) in [6.07, 6.45) is 2.07. The van der Waals surface area contributed by atoms with Gasteiger partial charge in [-0.1, -0.05) is 13.3 Å². The van der Waals surface area contributed by atoms with Crippen LogP contribution < -0.4 is 0 Å². The van der Waals surface area contributed by atoms with Crippen molar-refractivity contribution in [1.29, 1.82) is 0 Å². The van der Waals surface area contributed by atoms with Crippen LogP contribution in [0.1, 0.15) is 19.8 Å². The van der Waals surface area contributed by atoms with E-state index in [0.717, 1.165) is 12.8 Å². The minimum absolute atomic E-state index is 0.645. The summed E-state index contributed by atoms with van der Waals surface area (Å²) in [7, 11) is -1.36. The van der Waals surface area contributed by atoms with E-state index in [1.807, 2.05) is 0 Å². The number of nitrogens with zero attached hydrogens (tertiary/aromatic N) is 1. The predicted molar refractivity (Wildman–Crippen MR) is 37.7 cm³/mol. The summed E-state index contributed by atoms with van der Waals surface area (Å²) < 4.78 is 13.7. The molecule has 0 spiro atoms. The van der Waals surface area contributed by atoms with Gasteiger partial charge < -0.3 is 0 Å². The molecule has 4 heteroatoms. The van der Waals surface area contributed by atoms with E-state index >= 15 is 0 Å². The Morgan fingerprint density at radius 1 is 1.75 bits per heavy atom. The van der Waals surface area contributed by atoms with Crippen molar-refractivity contribution in [3.05, 3.63) is 0 Å². The molecule has 0 rings (SSSR count). The Bertz CT molecular complexity index is 151. The quantitative estimate of drug-likeness (QED) is 0.567. The van der Waals surface area contributed by atoms with Gasteiger partial charge in [-0.05, 0) is 6.42 Å². The highest BCUT2D eigenvalue weighted by molar-refractivity contribution is 8.16. The van der Waals surface area contributed by atoms with Crippen molar-refractivity contribution in [3.63, 3.8) is 0 Å². The minimum Gasteiger partial charge on any atom is -0.197 e. The standard InChI is InChI=1S/C4H9NOS2/c1-2-3-4-5-8(6)7/h2-4H2,1H3. The van der Waals surface area contributed by atoms with Gasteiger partial charge in [-0.3, -0.25) is 0 Å². The molecule has 0 aliphatic rings. The normalized spacial score (nSPS) is 8.62. The molecular weight excluding hydrogens is 142 g/mol. The van der Waals surface area contributed by atoms with Gasteiger partial charge >= 0.3 is 0 Å². The van der Waals surface area contributed by atoms with Crippen molar-refractivity contribution >= 4 is 20.3 Å². The fourth-order valence-electron chi connectivity index (χ4n) is 0.297. The topological polar surface area (TPSA) is 29.4 Å². The Labute approximate surface area is 55.8 Å². The van der Waals surface area contributed by atoms with Crippen LogP contribution in [0.15, 0.2) is 4.36 Å². The maximum Gasteiger partial charge on any atom is 0.167 e. The molecule has 8 heavy (non-hydrogen) atoms. The van der Waals surface area contributed by atoms with E-state index in [9.17, 15) is 4.21 Å². The SMILES string of the molecule is CCCCN=S(=O)=S. The summed E-state index contributed by atoms with van der Waals surface area (Å²) in [5.74, 6) is 0. The van der Waals surface area contributed by atoms with Crippen molar-refractivity contribution in [1.82, 2.24) is 0 Å². The average molecular weight is 151 g/mol.